The van der Waals surface area contributed by atoms with Crippen molar-refractivity contribution >= 4 is 37.1 Å². The third-order valence-corrected chi connectivity index (χ3v) is 3.94. The number of hydrogen-bond acceptors (Lipinski definition) is 0. The molecule has 10 heavy (non-hydrogen) atoms. The summed E-state index contributed by atoms with van der Waals surface area (Å²) in [6, 6.07) is 4.38. The quantitative estimate of drug-likeness (QED) is 0.498. The van der Waals surface area contributed by atoms with Gasteiger partial charge in [-0.3, -0.25) is 0 Å². The predicted octanol–water partition coefficient (Wildman–Crippen LogP) is 2.41. The van der Waals surface area contributed by atoms with Gasteiger partial charge in [-0.05, 0) is 47.3 Å². The van der Waals surface area contributed by atoms with Crippen molar-refractivity contribution in [3.05, 3.63) is 26.8 Å². The van der Waals surface area contributed by atoms with E-state index in [0.717, 1.165) is 0 Å². The highest BCUT2D eigenvalue weighted by Crippen LogP contribution is 2.12. The molecule has 0 bridgehead atoms. The number of benzene rings is 1. The first kappa shape index (κ1) is 8.48. The van der Waals surface area contributed by atoms with Gasteiger partial charge in [0, 0.05) is 3.57 Å². The molecular weight excluding hydrogens is 254 g/mol. The summed E-state index contributed by atoms with van der Waals surface area (Å²) in [5.41, 5.74) is 2.70. The van der Waals surface area contributed by atoms with Gasteiger partial charge < -0.3 is 0 Å². The summed E-state index contributed by atoms with van der Waals surface area (Å²) in [7, 11) is 2.75. The molecule has 0 aliphatic heterocycles. The minimum absolute atomic E-state index is 1.30. The van der Waals surface area contributed by atoms with Crippen LogP contribution in [0.2, 0.25) is 0 Å². The van der Waals surface area contributed by atoms with Gasteiger partial charge in [0.1, 0.15) is 0 Å². The Morgan fingerprint density at radius 3 is 2.40 bits per heavy atom. The van der Waals surface area contributed by atoms with Gasteiger partial charge in [-0.1, -0.05) is 17.7 Å². The maximum absolute atomic E-state index is 2.75. The minimum Gasteiger partial charge on any atom is -0.104 e. The van der Waals surface area contributed by atoms with Crippen LogP contribution in [0, 0.1) is 17.4 Å². The Hall–Kier alpha value is 0.380. The third-order valence-electron chi connectivity index (χ3n) is 1.43. The van der Waals surface area contributed by atoms with E-state index in [2.05, 4.69) is 57.8 Å². The molecule has 0 nitrogen and oxygen atoms in total. The van der Waals surface area contributed by atoms with E-state index in [1.807, 2.05) is 0 Å². The summed E-state index contributed by atoms with van der Waals surface area (Å²) in [4.78, 5) is 0. The Bertz CT molecular complexity index is 232. The van der Waals surface area contributed by atoms with Crippen molar-refractivity contribution in [1.82, 2.24) is 0 Å². The predicted molar refractivity (Wildman–Crippen MR) is 58.0 cm³/mol. The fourth-order valence-electron chi connectivity index (χ4n) is 0.983. The second-order valence-corrected chi connectivity index (χ2v) is 4.19. The highest BCUT2D eigenvalue weighted by atomic mass is 127. The van der Waals surface area contributed by atoms with Gasteiger partial charge in [0.2, 0.25) is 0 Å². The number of hydrogen-bond donors (Lipinski definition) is 0. The molecule has 1 aromatic carbocycles. The molecule has 1 atom stereocenters. The van der Waals surface area contributed by atoms with Gasteiger partial charge in [0.25, 0.3) is 0 Å². The zero-order valence-electron chi connectivity index (χ0n) is 6.11. The average Bonchev–Trinajstić information content (AvgIpc) is 1.82. The zero-order valence-corrected chi connectivity index (χ0v) is 9.42. The molecule has 0 fully saturated rings. The molecule has 1 unspecified atom stereocenters. The van der Waals surface area contributed by atoms with E-state index in [1.54, 1.807) is 0 Å². The number of halogens is 1. The second kappa shape index (κ2) is 3.19. The molecular formula is C8H10IP. The van der Waals surface area contributed by atoms with E-state index in [1.165, 1.54) is 20.0 Å². The summed E-state index contributed by atoms with van der Waals surface area (Å²) < 4.78 is 1.35. The van der Waals surface area contributed by atoms with Crippen LogP contribution >= 0.6 is 31.8 Å². The Morgan fingerprint density at radius 2 is 1.90 bits per heavy atom. The van der Waals surface area contributed by atoms with Crippen LogP contribution in [0.5, 0.6) is 0 Å². The lowest BCUT2D eigenvalue weighted by molar-refractivity contribution is 1.38. The summed E-state index contributed by atoms with van der Waals surface area (Å²) in [6.45, 7) is 4.26. The Labute approximate surface area is 77.8 Å². The average molecular weight is 264 g/mol. The first-order valence-electron chi connectivity index (χ1n) is 3.13. The highest BCUT2D eigenvalue weighted by molar-refractivity contribution is 14.1. The van der Waals surface area contributed by atoms with Crippen molar-refractivity contribution in [3.8, 4) is 0 Å². The zero-order chi connectivity index (χ0) is 7.72. The van der Waals surface area contributed by atoms with Crippen molar-refractivity contribution in [2.24, 2.45) is 0 Å². The molecule has 0 amide bonds. The van der Waals surface area contributed by atoms with Crippen LogP contribution in [0.25, 0.3) is 0 Å². The molecule has 0 heterocycles. The van der Waals surface area contributed by atoms with E-state index < -0.39 is 0 Å². The first-order valence-corrected chi connectivity index (χ1v) is 4.79. The SMILES string of the molecule is Cc1cc(C)c(I)c(P)c1. The van der Waals surface area contributed by atoms with Crippen molar-refractivity contribution in [2.45, 2.75) is 13.8 Å². The number of rotatable bonds is 0. The lowest BCUT2D eigenvalue weighted by Crippen LogP contribution is -1.99. The summed E-state index contributed by atoms with van der Waals surface area (Å²) in [5.74, 6) is 0. The highest BCUT2D eigenvalue weighted by Gasteiger charge is 1.97. The van der Waals surface area contributed by atoms with Gasteiger partial charge in [-0.2, -0.15) is 0 Å². The van der Waals surface area contributed by atoms with Gasteiger partial charge in [0.05, 0.1) is 0 Å². The van der Waals surface area contributed by atoms with Crippen LogP contribution in [0.15, 0.2) is 12.1 Å². The van der Waals surface area contributed by atoms with Crippen molar-refractivity contribution in [1.29, 1.82) is 0 Å². The lowest BCUT2D eigenvalue weighted by Gasteiger charge is -2.02. The molecule has 0 radical (unpaired) electrons. The maximum Gasteiger partial charge on any atom is 0.0231 e. The van der Waals surface area contributed by atoms with E-state index in [0.29, 0.717) is 0 Å². The minimum atomic E-state index is 1.30. The molecule has 0 saturated heterocycles. The van der Waals surface area contributed by atoms with Crippen molar-refractivity contribution in [3.63, 3.8) is 0 Å². The molecule has 1 aromatic rings. The van der Waals surface area contributed by atoms with Gasteiger partial charge in [-0.15, -0.1) is 9.24 Å². The van der Waals surface area contributed by atoms with Crippen LogP contribution in [0.4, 0.5) is 0 Å². The summed E-state index contributed by atoms with van der Waals surface area (Å²) in [5, 5.41) is 1.30. The second-order valence-electron chi connectivity index (χ2n) is 2.49. The van der Waals surface area contributed by atoms with Crippen LogP contribution in [-0.2, 0) is 0 Å². The largest absolute Gasteiger partial charge is 0.104 e. The Morgan fingerprint density at radius 1 is 1.30 bits per heavy atom. The van der Waals surface area contributed by atoms with Crippen LogP contribution in [0.1, 0.15) is 11.1 Å². The molecule has 0 spiro atoms. The van der Waals surface area contributed by atoms with Crippen LogP contribution in [0.3, 0.4) is 0 Å². The molecule has 1 rings (SSSR count). The van der Waals surface area contributed by atoms with Crippen LogP contribution < -0.4 is 5.30 Å². The summed E-state index contributed by atoms with van der Waals surface area (Å²) >= 11 is 2.36. The third kappa shape index (κ3) is 1.70. The van der Waals surface area contributed by atoms with E-state index in [9.17, 15) is 0 Å². The summed E-state index contributed by atoms with van der Waals surface area (Å²) in [6.07, 6.45) is 0. The van der Waals surface area contributed by atoms with Crippen molar-refractivity contribution in [2.75, 3.05) is 0 Å². The van der Waals surface area contributed by atoms with Gasteiger partial charge >= 0.3 is 0 Å². The molecule has 0 N–H and O–H groups in total. The molecule has 2 heteroatoms. The topological polar surface area (TPSA) is 0 Å². The molecule has 0 aromatic heterocycles. The fourth-order valence-corrected chi connectivity index (χ4v) is 1.78. The molecule has 0 saturated carbocycles. The number of aryl methyl sites for hydroxylation is 2. The van der Waals surface area contributed by atoms with E-state index >= 15 is 0 Å². The monoisotopic (exact) mass is 264 g/mol. The molecule has 0 aliphatic carbocycles. The fraction of sp³-hybridized carbons (Fsp3) is 0.250. The van der Waals surface area contributed by atoms with Crippen molar-refractivity contribution < 1.29 is 0 Å². The van der Waals surface area contributed by atoms with Gasteiger partial charge in [0.15, 0.2) is 0 Å². The van der Waals surface area contributed by atoms with Crippen LogP contribution in [-0.4, -0.2) is 0 Å². The standard InChI is InChI=1S/C8H10IP/c1-5-3-6(2)8(9)7(10)4-5/h3-4H,10H2,1-2H3. The Balaban J connectivity index is 3.31. The molecule has 54 valence electrons. The lowest BCUT2D eigenvalue weighted by atomic mass is 10.2. The smallest absolute Gasteiger partial charge is 0.0231 e. The van der Waals surface area contributed by atoms with E-state index in [4.69, 9.17) is 0 Å². The first-order chi connectivity index (χ1) is 4.61. The molecule has 0 aliphatic rings. The van der Waals surface area contributed by atoms with Gasteiger partial charge in [-0.25, -0.2) is 0 Å². The maximum atomic E-state index is 2.75. The van der Waals surface area contributed by atoms with E-state index in [-0.39, 0.29) is 0 Å². The Kier molecular flexibility index (Phi) is 2.70. The normalized spacial score (nSPS) is 10.0.